The molecule has 2 heterocycles. The van der Waals surface area contributed by atoms with Crippen molar-refractivity contribution in [1.29, 1.82) is 0 Å². The molecule has 0 fully saturated rings. The van der Waals surface area contributed by atoms with Crippen molar-refractivity contribution in [3.8, 4) is 0 Å². The molecule has 1 aromatic carbocycles. The minimum absolute atomic E-state index is 0.302. The molecule has 3 rings (SSSR count). The molecular formula is C18H17N3O4S. The highest BCUT2D eigenvalue weighted by Crippen LogP contribution is 2.28. The Labute approximate surface area is 153 Å². The molecule has 1 amide bonds. The molecule has 1 N–H and O–H groups in total. The number of benzene rings is 1. The van der Waals surface area contributed by atoms with Gasteiger partial charge in [0.2, 0.25) is 0 Å². The van der Waals surface area contributed by atoms with E-state index in [1.807, 2.05) is 18.2 Å². The van der Waals surface area contributed by atoms with E-state index in [1.54, 1.807) is 26.0 Å². The predicted octanol–water partition coefficient (Wildman–Crippen LogP) is 2.75. The molecule has 0 radical (unpaired) electrons. The summed E-state index contributed by atoms with van der Waals surface area (Å²) in [5, 5.41) is 3.14. The lowest BCUT2D eigenvalue weighted by atomic mass is 10.2. The third-order valence-corrected chi connectivity index (χ3v) is 5.27. The van der Waals surface area contributed by atoms with E-state index in [9.17, 15) is 14.4 Å². The quantitative estimate of drug-likeness (QED) is 0.712. The lowest BCUT2D eigenvalue weighted by Crippen LogP contribution is -2.29. The van der Waals surface area contributed by atoms with Crippen molar-refractivity contribution in [1.82, 2.24) is 9.55 Å². The molecule has 0 aliphatic heterocycles. The fraction of sp³-hybridized carbons (Fsp3) is 0.222. The highest BCUT2D eigenvalue weighted by atomic mass is 32.1. The Morgan fingerprint density at radius 1 is 1.27 bits per heavy atom. The van der Waals surface area contributed by atoms with Crippen molar-refractivity contribution in [2.45, 2.75) is 19.9 Å². The highest BCUT2D eigenvalue weighted by Gasteiger charge is 2.23. The van der Waals surface area contributed by atoms with Crippen molar-refractivity contribution in [3.63, 3.8) is 0 Å². The van der Waals surface area contributed by atoms with E-state index in [0.29, 0.717) is 26.3 Å². The molecule has 0 saturated carbocycles. The molecule has 3 aromatic rings. The summed E-state index contributed by atoms with van der Waals surface area (Å²) in [4.78, 5) is 42.2. The van der Waals surface area contributed by atoms with Gasteiger partial charge in [0.25, 0.3) is 11.5 Å². The van der Waals surface area contributed by atoms with E-state index in [1.165, 1.54) is 18.0 Å². The summed E-state index contributed by atoms with van der Waals surface area (Å²) >= 11 is 1.15. The maximum Gasteiger partial charge on any atom is 0.328 e. The van der Waals surface area contributed by atoms with Gasteiger partial charge in [0.1, 0.15) is 10.9 Å². The van der Waals surface area contributed by atoms with Crippen LogP contribution in [0.2, 0.25) is 0 Å². The number of thiophene rings is 1. The number of para-hydroxylation sites is 1. The summed E-state index contributed by atoms with van der Waals surface area (Å²) in [5.74, 6) is -0.841. The maximum absolute atomic E-state index is 12.8. The summed E-state index contributed by atoms with van der Waals surface area (Å²) in [5.41, 5.74) is 0.835. The number of aryl methyl sites for hydroxylation is 1. The van der Waals surface area contributed by atoms with Gasteiger partial charge in [-0.2, -0.15) is 0 Å². The van der Waals surface area contributed by atoms with Crippen molar-refractivity contribution < 1.29 is 14.3 Å². The smallest absolute Gasteiger partial charge is 0.328 e. The maximum atomic E-state index is 12.8. The fourth-order valence-corrected chi connectivity index (χ4v) is 3.66. The molecule has 0 aliphatic rings. The average Bonchev–Trinajstić information content (AvgIpc) is 2.99. The molecule has 7 nitrogen and oxygen atoms in total. The Morgan fingerprint density at radius 3 is 2.62 bits per heavy atom. The summed E-state index contributed by atoms with van der Waals surface area (Å²) < 4.78 is 5.90. The average molecular weight is 371 g/mol. The fourth-order valence-electron chi connectivity index (χ4n) is 2.62. The van der Waals surface area contributed by atoms with Gasteiger partial charge in [0.05, 0.1) is 23.7 Å². The Hall–Kier alpha value is -3.00. The molecule has 8 heteroatoms. The number of nitrogens with zero attached hydrogens (tertiary/aromatic N) is 2. The molecule has 0 aliphatic carbocycles. The number of aromatic nitrogens is 2. The van der Waals surface area contributed by atoms with Crippen LogP contribution in [-0.4, -0.2) is 28.5 Å². The first-order chi connectivity index (χ1) is 12.4. The van der Waals surface area contributed by atoms with Crippen molar-refractivity contribution in [3.05, 3.63) is 57.5 Å². The molecule has 1 atom stereocenters. The number of hydrogen-bond donors (Lipinski definition) is 1. The summed E-state index contributed by atoms with van der Waals surface area (Å²) in [7, 11) is 1.26. The van der Waals surface area contributed by atoms with E-state index in [-0.39, 0.29) is 11.5 Å². The van der Waals surface area contributed by atoms with Gasteiger partial charge in [0.15, 0.2) is 0 Å². The number of rotatable bonds is 4. The van der Waals surface area contributed by atoms with Gasteiger partial charge in [-0.3, -0.25) is 14.2 Å². The van der Waals surface area contributed by atoms with Gasteiger partial charge in [-0.15, -0.1) is 11.3 Å². The predicted molar refractivity (Wildman–Crippen MR) is 99.7 cm³/mol. The second-order valence-electron chi connectivity index (χ2n) is 5.71. The number of ether oxygens (including phenoxy) is 1. The number of methoxy groups -OCH3 is 1. The number of anilines is 1. The first-order valence-electron chi connectivity index (χ1n) is 7.88. The summed E-state index contributed by atoms with van der Waals surface area (Å²) in [6, 6.07) is 8.26. The van der Waals surface area contributed by atoms with E-state index in [4.69, 9.17) is 0 Å². The Kier molecular flexibility index (Phi) is 4.85. The van der Waals surface area contributed by atoms with Crippen LogP contribution in [0.4, 0.5) is 5.69 Å². The Balaban J connectivity index is 2.03. The van der Waals surface area contributed by atoms with Crippen LogP contribution < -0.4 is 10.9 Å². The molecule has 134 valence electrons. The van der Waals surface area contributed by atoms with Crippen molar-refractivity contribution in [2.24, 2.45) is 0 Å². The molecule has 0 saturated heterocycles. The van der Waals surface area contributed by atoms with Gasteiger partial charge in [-0.25, -0.2) is 9.78 Å². The van der Waals surface area contributed by atoms with E-state index >= 15 is 0 Å². The number of amides is 1. The SMILES string of the molecule is COC(=O)[C@@H](C)n1cnc2sc(C(=O)Nc3ccccc3)c(C)c2c1=O. The first-order valence-corrected chi connectivity index (χ1v) is 8.70. The molecule has 26 heavy (non-hydrogen) atoms. The topological polar surface area (TPSA) is 90.3 Å². The number of hydrogen-bond acceptors (Lipinski definition) is 6. The van der Waals surface area contributed by atoms with E-state index in [2.05, 4.69) is 15.0 Å². The number of carbonyl (C=O) groups excluding carboxylic acids is 2. The molecule has 2 aromatic heterocycles. The van der Waals surface area contributed by atoms with Crippen LogP contribution in [0.5, 0.6) is 0 Å². The highest BCUT2D eigenvalue weighted by molar-refractivity contribution is 7.20. The lowest BCUT2D eigenvalue weighted by Gasteiger charge is -2.11. The van der Waals surface area contributed by atoms with Gasteiger partial charge in [-0.1, -0.05) is 18.2 Å². The number of carbonyl (C=O) groups is 2. The van der Waals surface area contributed by atoms with E-state index < -0.39 is 12.0 Å². The number of esters is 1. The zero-order valence-corrected chi connectivity index (χ0v) is 15.3. The Morgan fingerprint density at radius 2 is 1.96 bits per heavy atom. The van der Waals surface area contributed by atoms with Crippen LogP contribution in [0.25, 0.3) is 10.2 Å². The Bertz CT molecular complexity index is 1040. The zero-order chi connectivity index (χ0) is 18.8. The minimum atomic E-state index is -0.801. The van der Waals surface area contributed by atoms with E-state index in [0.717, 1.165) is 11.3 Å². The molecular weight excluding hydrogens is 354 g/mol. The van der Waals surface area contributed by atoms with Crippen LogP contribution in [-0.2, 0) is 9.53 Å². The monoisotopic (exact) mass is 371 g/mol. The van der Waals surface area contributed by atoms with Gasteiger partial charge in [0, 0.05) is 5.69 Å². The molecule has 0 bridgehead atoms. The van der Waals surface area contributed by atoms with Crippen LogP contribution >= 0.6 is 11.3 Å². The summed E-state index contributed by atoms with van der Waals surface area (Å²) in [6.07, 6.45) is 1.31. The van der Waals surface area contributed by atoms with Crippen molar-refractivity contribution >= 4 is 39.1 Å². The van der Waals surface area contributed by atoms with Crippen LogP contribution in [0.1, 0.15) is 28.2 Å². The minimum Gasteiger partial charge on any atom is -0.467 e. The van der Waals surface area contributed by atoms with Gasteiger partial charge >= 0.3 is 5.97 Å². The van der Waals surface area contributed by atoms with Gasteiger partial charge < -0.3 is 10.1 Å². The third kappa shape index (κ3) is 3.11. The summed E-state index contributed by atoms with van der Waals surface area (Å²) in [6.45, 7) is 3.26. The largest absolute Gasteiger partial charge is 0.467 e. The van der Waals surface area contributed by atoms with Crippen LogP contribution in [0.3, 0.4) is 0 Å². The molecule has 0 spiro atoms. The van der Waals surface area contributed by atoms with Crippen LogP contribution in [0.15, 0.2) is 41.5 Å². The standard InChI is InChI=1S/C18H17N3O4S/c1-10-13-16(19-9-21(17(13)23)11(2)18(24)25-3)26-14(10)15(22)20-12-7-5-4-6-8-12/h4-9,11H,1-3H3,(H,20,22)/t11-/m1/s1. The van der Waals surface area contributed by atoms with Crippen molar-refractivity contribution in [2.75, 3.05) is 12.4 Å². The second-order valence-corrected chi connectivity index (χ2v) is 6.71. The third-order valence-electron chi connectivity index (χ3n) is 4.07. The normalized spacial score (nSPS) is 12.0. The number of nitrogens with one attached hydrogen (secondary N) is 1. The van der Waals surface area contributed by atoms with Crippen LogP contribution in [0, 0.1) is 6.92 Å². The first kappa shape index (κ1) is 17.8. The second kappa shape index (κ2) is 7.09. The zero-order valence-electron chi connectivity index (χ0n) is 14.5. The lowest BCUT2D eigenvalue weighted by molar-refractivity contribution is -0.144. The van der Waals surface area contributed by atoms with Gasteiger partial charge in [-0.05, 0) is 31.5 Å². The number of fused-ring (bicyclic) bond motifs is 1. The molecule has 0 unspecified atom stereocenters.